The van der Waals surface area contributed by atoms with Crippen LogP contribution in [0, 0.1) is 0 Å². The van der Waals surface area contributed by atoms with Gasteiger partial charge in [-0.2, -0.15) is 5.10 Å². The number of piperidine rings is 1. The SMILES string of the molecule is COc1ccc(-n2nc(C(=O)N3CCC(F)(F)CC3)cc2-c2cnccn2)cn1. The Morgan fingerprint density at radius 3 is 2.55 bits per heavy atom. The van der Waals surface area contributed by atoms with Gasteiger partial charge in [0.05, 0.1) is 30.9 Å². The number of hydrogen-bond acceptors (Lipinski definition) is 6. The molecule has 10 heteroatoms. The van der Waals surface area contributed by atoms with E-state index in [2.05, 4.69) is 20.1 Å². The van der Waals surface area contributed by atoms with Crippen molar-refractivity contribution in [3.63, 3.8) is 0 Å². The van der Waals surface area contributed by atoms with E-state index in [0.717, 1.165) is 0 Å². The van der Waals surface area contributed by atoms with Crippen molar-refractivity contribution >= 4 is 5.91 Å². The molecule has 3 aromatic rings. The summed E-state index contributed by atoms with van der Waals surface area (Å²) in [5.41, 5.74) is 1.79. The normalized spacial score (nSPS) is 15.9. The standard InChI is InChI=1S/C19H18F2N6O2/c1-29-17-3-2-13(11-24-17)27-16(15-12-22-6-7-23-15)10-14(25-27)18(28)26-8-4-19(20,21)5-9-26/h2-3,6-7,10-12H,4-5,8-9H2,1H3. The van der Waals surface area contributed by atoms with Crippen LogP contribution in [0.2, 0.25) is 0 Å². The van der Waals surface area contributed by atoms with Crippen molar-refractivity contribution in [3.05, 3.63) is 48.7 Å². The first-order chi connectivity index (χ1) is 14.0. The van der Waals surface area contributed by atoms with Gasteiger partial charge in [-0.25, -0.2) is 18.4 Å². The highest BCUT2D eigenvalue weighted by molar-refractivity contribution is 5.93. The molecule has 0 radical (unpaired) electrons. The van der Waals surface area contributed by atoms with Crippen molar-refractivity contribution in [1.82, 2.24) is 29.6 Å². The first-order valence-electron chi connectivity index (χ1n) is 9.01. The lowest BCUT2D eigenvalue weighted by molar-refractivity contribution is -0.0495. The first-order valence-corrected chi connectivity index (χ1v) is 9.01. The number of amides is 1. The van der Waals surface area contributed by atoms with Crippen molar-refractivity contribution in [2.24, 2.45) is 0 Å². The Kier molecular flexibility index (Phi) is 4.91. The fourth-order valence-electron chi connectivity index (χ4n) is 3.11. The zero-order valence-corrected chi connectivity index (χ0v) is 15.6. The van der Waals surface area contributed by atoms with E-state index >= 15 is 0 Å². The van der Waals surface area contributed by atoms with Crippen molar-refractivity contribution in [2.75, 3.05) is 20.2 Å². The second-order valence-corrected chi connectivity index (χ2v) is 6.62. The summed E-state index contributed by atoms with van der Waals surface area (Å²) in [5, 5.41) is 4.41. The van der Waals surface area contributed by atoms with Crippen LogP contribution in [0.25, 0.3) is 17.1 Å². The lowest BCUT2D eigenvalue weighted by Crippen LogP contribution is -2.42. The molecule has 4 rings (SSSR count). The van der Waals surface area contributed by atoms with E-state index < -0.39 is 11.8 Å². The van der Waals surface area contributed by atoms with Crippen LogP contribution in [-0.4, -0.2) is 61.7 Å². The Bertz CT molecular complexity index is 997. The largest absolute Gasteiger partial charge is 0.481 e. The predicted molar refractivity (Wildman–Crippen MR) is 99.0 cm³/mol. The monoisotopic (exact) mass is 400 g/mol. The molecule has 1 fully saturated rings. The minimum Gasteiger partial charge on any atom is -0.481 e. The maximum atomic E-state index is 13.4. The summed E-state index contributed by atoms with van der Waals surface area (Å²) in [6.07, 6.45) is 5.49. The molecule has 1 saturated heterocycles. The van der Waals surface area contributed by atoms with Gasteiger partial charge in [0.1, 0.15) is 5.69 Å². The molecule has 1 amide bonds. The molecule has 4 heterocycles. The van der Waals surface area contributed by atoms with E-state index in [0.29, 0.717) is 23.0 Å². The summed E-state index contributed by atoms with van der Waals surface area (Å²) < 4.78 is 33.5. The van der Waals surface area contributed by atoms with Crippen LogP contribution < -0.4 is 4.74 Å². The zero-order chi connectivity index (χ0) is 20.4. The van der Waals surface area contributed by atoms with Gasteiger partial charge in [0.2, 0.25) is 5.88 Å². The van der Waals surface area contributed by atoms with Gasteiger partial charge >= 0.3 is 0 Å². The Balaban J connectivity index is 1.70. The molecular weight excluding hydrogens is 382 g/mol. The topological polar surface area (TPSA) is 86.0 Å². The molecule has 1 aliphatic heterocycles. The van der Waals surface area contributed by atoms with Crippen LogP contribution in [0.3, 0.4) is 0 Å². The molecule has 150 valence electrons. The van der Waals surface area contributed by atoms with Gasteiger partial charge in [0.25, 0.3) is 11.8 Å². The fraction of sp³-hybridized carbons (Fsp3) is 0.316. The average Bonchev–Trinajstić information content (AvgIpc) is 3.19. The van der Waals surface area contributed by atoms with Crippen molar-refractivity contribution < 1.29 is 18.3 Å². The molecule has 3 aromatic heterocycles. The quantitative estimate of drug-likeness (QED) is 0.669. The third kappa shape index (κ3) is 3.91. The number of carbonyl (C=O) groups is 1. The van der Waals surface area contributed by atoms with Crippen molar-refractivity contribution in [2.45, 2.75) is 18.8 Å². The van der Waals surface area contributed by atoms with Crippen LogP contribution in [0.1, 0.15) is 23.3 Å². The van der Waals surface area contributed by atoms with Gasteiger partial charge in [-0.05, 0) is 12.1 Å². The number of hydrogen-bond donors (Lipinski definition) is 0. The smallest absolute Gasteiger partial charge is 0.274 e. The van der Waals surface area contributed by atoms with Crippen molar-refractivity contribution in [3.8, 4) is 23.0 Å². The van der Waals surface area contributed by atoms with E-state index in [1.54, 1.807) is 36.8 Å². The molecule has 0 unspecified atom stereocenters. The van der Waals surface area contributed by atoms with Gasteiger partial charge in [-0.1, -0.05) is 0 Å². The molecule has 0 N–H and O–H groups in total. The Morgan fingerprint density at radius 1 is 1.14 bits per heavy atom. The minimum atomic E-state index is -2.73. The number of rotatable bonds is 4. The number of pyridine rings is 1. The molecule has 0 saturated carbocycles. The van der Waals surface area contributed by atoms with Crippen LogP contribution in [0.15, 0.2) is 43.0 Å². The van der Waals surface area contributed by atoms with E-state index in [1.807, 2.05) is 0 Å². The van der Waals surface area contributed by atoms with Gasteiger partial charge in [0.15, 0.2) is 5.69 Å². The Hall–Kier alpha value is -3.43. The first kappa shape index (κ1) is 18.9. The number of carbonyl (C=O) groups excluding carboxylic acids is 1. The molecule has 1 aliphatic rings. The number of ether oxygens (including phenoxy) is 1. The maximum absolute atomic E-state index is 13.4. The van der Waals surface area contributed by atoms with E-state index in [9.17, 15) is 13.6 Å². The predicted octanol–water partition coefficient (Wildman–Crippen LogP) is 2.60. The van der Waals surface area contributed by atoms with E-state index in [-0.39, 0.29) is 31.6 Å². The maximum Gasteiger partial charge on any atom is 0.274 e. The van der Waals surface area contributed by atoms with Crippen LogP contribution >= 0.6 is 0 Å². The average molecular weight is 400 g/mol. The summed E-state index contributed by atoms with van der Waals surface area (Å²) in [7, 11) is 1.51. The lowest BCUT2D eigenvalue weighted by atomic mass is 10.1. The second-order valence-electron chi connectivity index (χ2n) is 6.62. The van der Waals surface area contributed by atoms with E-state index in [1.165, 1.54) is 22.9 Å². The molecular formula is C19H18F2N6O2. The molecule has 0 bridgehead atoms. The zero-order valence-electron chi connectivity index (χ0n) is 15.6. The highest BCUT2D eigenvalue weighted by atomic mass is 19.3. The summed E-state index contributed by atoms with van der Waals surface area (Å²) >= 11 is 0. The number of nitrogens with zero attached hydrogens (tertiary/aromatic N) is 6. The van der Waals surface area contributed by atoms with Gasteiger partial charge < -0.3 is 9.64 Å². The highest BCUT2D eigenvalue weighted by Crippen LogP contribution is 2.29. The fourth-order valence-corrected chi connectivity index (χ4v) is 3.11. The third-order valence-corrected chi connectivity index (χ3v) is 4.71. The van der Waals surface area contributed by atoms with Gasteiger partial charge in [0, 0.05) is 44.4 Å². The summed E-state index contributed by atoms with van der Waals surface area (Å²) in [6, 6.07) is 5.00. The number of methoxy groups -OCH3 is 1. The number of halogens is 2. The van der Waals surface area contributed by atoms with Crippen LogP contribution in [-0.2, 0) is 0 Å². The van der Waals surface area contributed by atoms with Crippen LogP contribution in [0.4, 0.5) is 8.78 Å². The van der Waals surface area contributed by atoms with E-state index in [4.69, 9.17) is 4.74 Å². The molecule has 0 atom stereocenters. The third-order valence-electron chi connectivity index (χ3n) is 4.71. The Labute approximate surface area is 165 Å². The molecule has 0 spiro atoms. The summed E-state index contributed by atoms with van der Waals surface area (Å²) in [4.78, 5) is 26.8. The Morgan fingerprint density at radius 2 is 1.93 bits per heavy atom. The minimum absolute atomic E-state index is 0.0107. The lowest BCUT2D eigenvalue weighted by Gasteiger charge is -2.31. The molecule has 0 aromatic carbocycles. The second kappa shape index (κ2) is 7.53. The number of alkyl halides is 2. The van der Waals surface area contributed by atoms with Gasteiger partial charge in [-0.15, -0.1) is 0 Å². The summed E-state index contributed by atoms with van der Waals surface area (Å²) in [6.45, 7) is -0.0213. The van der Waals surface area contributed by atoms with Crippen molar-refractivity contribution in [1.29, 1.82) is 0 Å². The molecule has 0 aliphatic carbocycles. The molecule has 8 nitrogen and oxygen atoms in total. The summed E-state index contributed by atoms with van der Waals surface area (Å²) in [5.74, 6) is -2.69. The molecule has 29 heavy (non-hydrogen) atoms. The highest BCUT2D eigenvalue weighted by Gasteiger charge is 2.36. The van der Waals surface area contributed by atoms with Crippen LogP contribution in [0.5, 0.6) is 5.88 Å². The number of aromatic nitrogens is 5. The van der Waals surface area contributed by atoms with Gasteiger partial charge in [-0.3, -0.25) is 14.8 Å². The number of likely N-dealkylation sites (tertiary alicyclic amines) is 1.